The summed E-state index contributed by atoms with van der Waals surface area (Å²) in [6.07, 6.45) is 1.01. The zero-order valence-electron chi connectivity index (χ0n) is 9.84. The van der Waals surface area contributed by atoms with Crippen LogP contribution in [0.5, 0.6) is 0 Å². The van der Waals surface area contributed by atoms with Gasteiger partial charge in [-0.3, -0.25) is 4.79 Å². The normalized spacial score (nSPS) is 14.7. The van der Waals surface area contributed by atoms with Crippen molar-refractivity contribution in [3.05, 3.63) is 34.9 Å². The molecule has 0 radical (unpaired) electrons. The molecule has 1 aliphatic rings. The molecule has 3 heteroatoms. The second-order valence-corrected chi connectivity index (χ2v) is 4.50. The van der Waals surface area contributed by atoms with E-state index in [1.165, 1.54) is 5.56 Å². The number of nitrogens with one attached hydrogen (secondary N) is 2. The van der Waals surface area contributed by atoms with Gasteiger partial charge in [-0.25, -0.2) is 0 Å². The topological polar surface area (TPSA) is 41.1 Å². The summed E-state index contributed by atoms with van der Waals surface area (Å²) in [6, 6.07) is 6.17. The van der Waals surface area contributed by atoms with Crippen molar-refractivity contribution >= 4 is 5.91 Å². The average molecular weight is 218 g/mol. The van der Waals surface area contributed by atoms with Crippen LogP contribution in [0, 0.1) is 0 Å². The highest BCUT2D eigenvalue weighted by Crippen LogP contribution is 2.18. The molecule has 0 aromatic heterocycles. The molecule has 2 N–H and O–H groups in total. The molecule has 0 saturated heterocycles. The molecule has 0 saturated carbocycles. The predicted molar refractivity (Wildman–Crippen MR) is 64.5 cm³/mol. The average Bonchev–Trinajstić information content (AvgIpc) is 2.27. The van der Waals surface area contributed by atoms with Crippen LogP contribution in [-0.4, -0.2) is 18.5 Å². The quantitative estimate of drug-likeness (QED) is 0.789. The van der Waals surface area contributed by atoms with Crippen LogP contribution in [0.15, 0.2) is 18.2 Å². The predicted octanol–water partition coefficient (Wildman–Crippen LogP) is 1.47. The first kappa shape index (κ1) is 11.1. The minimum Gasteiger partial charge on any atom is -0.350 e. The van der Waals surface area contributed by atoms with Crippen LogP contribution in [0.4, 0.5) is 0 Å². The van der Waals surface area contributed by atoms with E-state index in [0.29, 0.717) is 0 Å². The highest BCUT2D eigenvalue weighted by atomic mass is 16.1. The number of rotatable bonds is 2. The van der Waals surface area contributed by atoms with E-state index in [1.807, 2.05) is 26.0 Å². The van der Waals surface area contributed by atoms with E-state index >= 15 is 0 Å². The second kappa shape index (κ2) is 4.66. The number of fused-ring (bicyclic) bond motifs is 1. The Balaban J connectivity index is 2.30. The van der Waals surface area contributed by atoms with Crippen LogP contribution < -0.4 is 10.6 Å². The molecule has 1 aromatic carbocycles. The Kier molecular flexibility index (Phi) is 3.25. The van der Waals surface area contributed by atoms with Gasteiger partial charge in [-0.15, -0.1) is 0 Å². The van der Waals surface area contributed by atoms with Crippen molar-refractivity contribution in [2.45, 2.75) is 32.9 Å². The summed E-state index contributed by atoms with van der Waals surface area (Å²) in [5.74, 6) is 0.0375. The van der Waals surface area contributed by atoms with Crippen molar-refractivity contribution in [3.8, 4) is 0 Å². The van der Waals surface area contributed by atoms with Gasteiger partial charge in [0.25, 0.3) is 5.91 Å². The van der Waals surface area contributed by atoms with Crippen molar-refractivity contribution in [2.24, 2.45) is 0 Å². The highest BCUT2D eigenvalue weighted by Gasteiger charge is 2.17. The smallest absolute Gasteiger partial charge is 0.251 e. The zero-order valence-corrected chi connectivity index (χ0v) is 9.84. The molecule has 0 unspecified atom stereocenters. The van der Waals surface area contributed by atoms with Gasteiger partial charge < -0.3 is 10.6 Å². The third-order valence-electron chi connectivity index (χ3n) is 2.81. The highest BCUT2D eigenvalue weighted by molar-refractivity contribution is 5.96. The summed E-state index contributed by atoms with van der Waals surface area (Å²) in [7, 11) is 0. The molecule has 0 spiro atoms. The van der Waals surface area contributed by atoms with Gasteiger partial charge in [-0.1, -0.05) is 12.1 Å². The van der Waals surface area contributed by atoms with Crippen LogP contribution in [-0.2, 0) is 13.0 Å². The first-order chi connectivity index (χ1) is 7.68. The Labute approximate surface area is 96.2 Å². The van der Waals surface area contributed by atoms with Gasteiger partial charge in [-0.2, -0.15) is 0 Å². The molecule has 1 amide bonds. The van der Waals surface area contributed by atoms with Gasteiger partial charge in [0, 0.05) is 18.2 Å². The van der Waals surface area contributed by atoms with Crippen molar-refractivity contribution in [3.63, 3.8) is 0 Å². The van der Waals surface area contributed by atoms with Crippen LogP contribution in [0.3, 0.4) is 0 Å². The summed E-state index contributed by atoms with van der Waals surface area (Å²) in [4.78, 5) is 12.0. The van der Waals surface area contributed by atoms with Crippen molar-refractivity contribution in [2.75, 3.05) is 6.54 Å². The first-order valence-electron chi connectivity index (χ1n) is 5.81. The molecule has 0 aliphatic carbocycles. The molecule has 2 rings (SSSR count). The molecule has 1 heterocycles. The number of amides is 1. The third-order valence-corrected chi connectivity index (χ3v) is 2.81. The molecular weight excluding hydrogens is 200 g/mol. The fraction of sp³-hybridized carbons (Fsp3) is 0.462. The monoisotopic (exact) mass is 218 g/mol. The lowest BCUT2D eigenvalue weighted by molar-refractivity contribution is 0.0941. The third kappa shape index (κ3) is 2.25. The molecular formula is C13H18N2O. The van der Waals surface area contributed by atoms with E-state index < -0.39 is 0 Å². The molecule has 1 aliphatic heterocycles. The largest absolute Gasteiger partial charge is 0.350 e. The van der Waals surface area contributed by atoms with Crippen molar-refractivity contribution < 1.29 is 4.79 Å². The molecule has 0 atom stereocenters. The molecule has 16 heavy (non-hydrogen) atoms. The summed E-state index contributed by atoms with van der Waals surface area (Å²) >= 11 is 0. The van der Waals surface area contributed by atoms with Crippen LogP contribution >= 0.6 is 0 Å². The minimum absolute atomic E-state index is 0.0375. The molecule has 3 nitrogen and oxygen atoms in total. The Morgan fingerprint density at radius 1 is 1.44 bits per heavy atom. The number of hydrogen-bond acceptors (Lipinski definition) is 2. The number of hydrogen-bond donors (Lipinski definition) is 2. The minimum atomic E-state index is 0.0375. The summed E-state index contributed by atoms with van der Waals surface area (Å²) in [5, 5.41) is 6.25. The van der Waals surface area contributed by atoms with Crippen LogP contribution in [0.25, 0.3) is 0 Å². The number of carbonyl (C=O) groups excluding carboxylic acids is 1. The summed E-state index contributed by atoms with van der Waals surface area (Å²) in [6.45, 7) is 5.76. The SMILES string of the molecule is CC(C)NC(=O)c1cccc2c1CNCC2. The molecule has 0 bridgehead atoms. The Hall–Kier alpha value is -1.35. The maximum absolute atomic E-state index is 12.0. The first-order valence-corrected chi connectivity index (χ1v) is 5.81. The maximum atomic E-state index is 12.0. The van der Waals surface area contributed by atoms with E-state index in [1.54, 1.807) is 0 Å². The molecule has 86 valence electrons. The zero-order chi connectivity index (χ0) is 11.5. The number of carbonyl (C=O) groups is 1. The van der Waals surface area contributed by atoms with Crippen molar-refractivity contribution in [1.29, 1.82) is 0 Å². The second-order valence-electron chi connectivity index (χ2n) is 4.50. The van der Waals surface area contributed by atoms with Gasteiger partial charge in [-0.05, 0) is 44.0 Å². The Bertz CT molecular complexity index is 399. The lowest BCUT2D eigenvalue weighted by atomic mass is 9.95. The van der Waals surface area contributed by atoms with E-state index in [4.69, 9.17) is 0 Å². The van der Waals surface area contributed by atoms with Crippen LogP contribution in [0.1, 0.15) is 35.3 Å². The van der Waals surface area contributed by atoms with Gasteiger partial charge in [0.2, 0.25) is 0 Å². The van der Waals surface area contributed by atoms with E-state index in [9.17, 15) is 4.79 Å². The van der Waals surface area contributed by atoms with Crippen molar-refractivity contribution in [1.82, 2.24) is 10.6 Å². The van der Waals surface area contributed by atoms with E-state index in [0.717, 1.165) is 30.6 Å². The molecule has 1 aromatic rings. The molecule has 0 fully saturated rings. The van der Waals surface area contributed by atoms with Gasteiger partial charge in [0.05, 0.1) is 0 Å². The fourth-order valence-corrected chi connectivity index (χ4v) is 2.07. The Morgan fingerprint density at radius 2 is 2.25 bits per heavy atom. The van der Waals surface area contributed by atoms with Crippen LogP contribution in [0.2, 0.25) is 0 Å². The summed E-state index contributed by atoms with van der Waals surface area (Å²) < 4.78 is 0. The van der Waals surface area contributed by atoms with E-state index in [2.05, 4.69) is 16.7 Å². The Morgan fingerprint density at radius 3 is 3.00 bits per heavy atom. The lowest BCUT2D eigenvalue weighted by Crippen LogP contribution is -2.33. The van der Waals surface area contributed by atoms with Gasteiger partial charge in [0.1, 0.15) is 0 Å². The lowest BCUT2D eigenvalue weighted by Gasteiger charge is -2.20. The van der Waals surface area contributed by atoms with Gasteiger partial charge >= 0.3 is 0 Å². The van der Waals surface area contributed by atoms with Gasteiger partial charge in [0.15, 0.2) is 0 Å². The maximum Gasteiger partial charge on any atom is 0.251 e. The fourth-order valence-electron chi connectivity index (χ4n) is 2.07. The van der Waals surface area contributed by atoms with E-state index in [-0.39, 0.29) is 11.9 Å². The number of benzene rings is 1. The summed E-state index contributed by atoms with van der Waals surface area (Å²) in [5.41, 5.74) is 3.28. The standard InChI is InChI=1S/C13H18N2O/c1-9(2)15-13(16)11-5-3-4-10-6-7-14-8-12(10)11/h3-5,9,14H,6-8H2,1-2H3,(H,15,16).